The normalized spacial score (nSPS) is 19.5. The number of amides is 2. The van der Waals surface area contributed by atoms with Gasteiger partial charge in [0, 0.05) is 30.3 Å². The first kappa shape index (κ1) is 16.5. The average Bonchev–Trinajstić information content (AvgIpc) is 3.14. The smallest absolute Gasteiger partial charge is 0.320 e. The SMILES string of the molecule is Cc1cc(NC(=O)N[C@@H]2C=C[C@H](CO)C2)nn1-c1ccccc1Cl. The van der Waals surface area contributed by atoms with Gasteiger partial charge in [0.25, 0.3) is 0 Å². The van der Waals surface area contributed by atoms with E-state index >= 15 is 0 Å². The predicted molar refractivity (Wildman–Crippen MR) is 93.6 cm³/mol. The molecule has 2 aromatic rings. The number of hydrogen-bond donors (Lipinski definition) is 3. The van der Waals surface area contributed by atoms with Crippen molar-refractivity contribution in [3.8, 4) is 5.69 Å². The van der Waals surface area contributed by atoms with Crippen molar-refractivity contribution in [3.05, 3.63) is 53.2 Å². The van der Waals surface area contributed by atoms with E-state index in [-0.39, 0.29) is 24.6 Å². The number of hydrogen-bond acceptors (Lipinski definition) is 3. The first-order valence-electron chi connectivity index (χ1n) is 7.75. The largest absolute Gasteiger partial charge is 0.396 e. The van der Waals surface area contributed by atoms with Gasteiger partial charge in [-0.3, -0.25) is 5.32 Å². The number of aryl methyl sites for hydroxylation is 1. The fourth-order valence-corrected chi connectivity index (χ4v) is 2.96. The topological polar surface area (TPSA) is 79.2 Å². The highest BCUT2D eigenvalue weighted by Crippen LogP contribution is 2.22. The molecule has 2 atom stereocenters. The second-order valence-electron chi connectivity index (χ2n) is 5.80. The zero-order chi connectivity index (χ0) is 17.1. The molecule has 0 radical (unpaired) electrons. The second kappa shape index (κ2) is 7.07. The van der Waals surface area contributed by atoms with Crippen LogP contribution < -0.4 is 10.6 Å². The van der Waals surface area contributed by atoms with Gasteiger partial charge in [-0.05, 0) is 25.5 Å². The fraction of sp³-hybridized carbons (Fsp3) is 0.294. The summed E-state index contributed by atoms with van der Waals surface area (Å²) in [6.07, 6.45) is 4.52. The lowest BCUT2D eigenvalue weighted by Crippen LogP contribution is -2.36. The summed E-state index contributed by atoms with van der Waals surface area (Å²) in [5, 5.41) is 19.7. The molecule has 1 aliphatic rings. The highest BCUT2D eigenvalue weighted by Gasteiger charge is 2.20. The van der Waals surface area contributed by atoms with E-state index in [1.807, 2.05) is 37.3 Å². The molecule has 1 aliphatic carbocycles. The second-order valence-corrected chi connectivity index (χ2v) is 6.21. The molecule has 0 saturated carbocycles. The summed E-state index contributed by atoms with van der Waals surface area (Å²) in [6.45, 7) is 1.99. The summed E-state index contributed by atoms with van der Waals surface area (Å²) in [7, 11) is 0. The number of nitrogens with zero attached hydrogens (tertiary/aromatic N) is 2. The van der Waals surface area contributed by atoms with Crippen LogP contribution in [0.15, 0.2) is 42.5 Å². The molecule has 2 amide bonds. The number of carbonyl (C=O) groups is 1. The fourth-order valence-electron chi connectivity index (χ4n) is 2.74. The lowest BCUT2D eigenvalue weighted by Gasteiger charge is -2.12. The summed E-state index contributed by atoms with van der Waals surface area (Å²) in [4.78, 5) is 12.1. The van der Waals surface area contributed by atoms with Crippen LogP contribution in [0.5, 0.6) is 0 Å². The molecule has 0 fully saturated rings. The molecule has 1 aromatic heterocycles. The maximum absolute atomic E-state index is 12.1. The number of anilines is 1. The molecule has 24 heavy (non-hydrogen) atoms. The number of aliphatic hydroxyl groups excluding tert-OH is 1. The van der Waals surface area contributed by atoms with Crippen molar-refractivity contribution in [2.24, 2.45) is 5.92 Å². The Hall–Kier alpha value is -2.31. The molecular formula is C17H19ClN4O2. The number of aromatic nitrogens is 2. The van der Waals surface area contributed by atoms with Crippen molar-refractivity contribution < 1.29 is 9.90 Å². The van der Waals surface area contributed by atoms with E-state index in [1.165, 1.54) is 0 Å². The molecule has 0 spiro atoms. The van der Waals surface area contributed by atoms with Crippen molar-refractivity contribution in [3.63, 3.8) is 0 Å². The van der Waals surface area contributed by atoms with Gasteiger partial charge in [0.05, 0.1) is 10.7 Å². The third kappa shape index (κ3) is 3.60. The minimum absolute atomic E-state index is 0.0751. The van der Waals surface area contributed by atoms with Gasteiger partial charge in [0.15, 0.2) is 5.82 Å². The van der Waals surface area contributed by atoms with Gasteiger partial charge in [-0.15, -0.1) is 5.10 Å². The zero-order valence-electron chi connectivity index (χ0n) is 13.2. The lowest BCUT2D eigenvalue weighted by atomic mass is 10.1. The molecule has 126 valence electrons. The van der Waals surface area contributed by atoms with Crippen molar-refractivity contribution in [1.82, 2.24) is 15.1 Å². The number of aliphatic hydroxyl groups is 1. The van der Waals surface area contributed by atoms with Crippen LogP contribution in [0, 0.1) is 12.8 Å². The first-order valence-corrected chi connectivity index (χ1v) is 8.13. The Morgan fingerprint density at radius 1 is 1.42 bits per heavy atom. The van der Waals surface area contributed by atoms with E-state index in [4.69, 9.17) is 16.7 Å². The Kier molecular flexibility index (Phi) is 4.87. The van der Waals surface area contributed by atoms with Crippen LogP contribution in [0.3, 0.4) is 0 Å². The molecule has 6 nitrogen and oxygen atoms in total. The summed E-state index contributed by atoms with van der Waals surface area (Å²) < 4.78 is 1.69. The van der Waals surface area contributed by atoms with Crippen LogP contribution in [-0.4, -0.2) is 33.6 Å². The van der Waals surface area contributed by atoms with Crippen LogP contribution in [0.2, 0.25) is 5.02 Å². The number of para-hydroxylation sites is 1. The standard InChI is InChI=1S/C17H19ClN4O2/c1-11-8-16(21-22(11)15-5-3-2-4-14(15)18)20-17(24)19-13-7-6-12(9-13)10-23/h2-8,12-13,23H,9-10H2,1H3,(H2,19,20,21,24)/t12-,13+/m0/s1. The van der Waals surface area contributed by atoms with E-state index in [1.54, 1.807) is 16.8 Å². The quantitative estimate of drug-likeness (QED) is 0.745. The van der Waals surface area contributed by atoms with Gasteiger partial charge >= 0.3 is 6.03 Å². The monoisotopic (exact) mass is 346 g/mol. The third-order valence-corrected chi connectivity index (χ3v) is 4.25. The van der Waals surface area contributed by atoms with Gasteiger partial charge in [0.2, 0.25) is 0 Å². The van der Waals surface area contributed by atoms with Crippen LogP contribution in [0.25, 0.3) is 5.69 Å². The number of halogens is 1. The van der Waals surface area contributed by atoms with Crippen LogP contribution in [0.4, 0.5) is 10.6 Å². The number of carbonyl (C=O) groups excluding carboxylic acids is 1. The van der Waals surface area contributed by atoms with Gasteiger partial charge in [-0.25, -0.2) is 9.48 Å². The summed E-state index contributed by atoms with van der Waals surface area (Å²) in [5.41, 5.74) is 1.62. The molecule has 3 rings (SSSR count). The summed E-state index contributed by atoms with van der Waals surface area (Å²) in [5.74, 6) is 0.558. The molecular weight excluding hydrogens is 328 g/mol. The molecule has 7 heteroatoms. The highest BCUT2D eigenvalue weighted by molar-refractivity contribution is 6.32. The Bertz CT molecular complexity index is 772. The molecule has 1 aromatic carbocycles. The molecule has 0 saturated heterocycles. The Morgan fingerprint density at radius 3 is 2.92 bits per heavy atom. The Labute approximate surface area is 145 Å². The van der Waals surface area contributed by atoms with Crippen molar-refractivity contribution in [2.45, 2.75) is 19.4 Å². The maximum Gasteiger partial charge on any atom is 0.320 e. The Morgan fingerprint density at radius 2 is 2.21 bits per heavy atom. The Balaban J connectivity index is 1.66. The zero-order valence-corrected chi connectivity index (χ0v) is 14.0. The van der Waals surface area contributed by atoms with Crippen molar-refractivity contribution in [1.29, 1.82) is 0 Å². The van der Waals surface area contributed by atoms with E-state index in [9.17, 15) is 4.79 Å². The molecule has 0 aliphatic heterocycles. The number of urea groups is 1. The summed E-state index contributed by atoms with van der Waals surface area (Å²) >= 11 is 6.20. The van der Waals surface area contributed by atoms with Crippen LogP contribution in [0.1, 0.15) is 12.1 Å². The van der Waals surface area contributed by atoms with Crippen molar-refractivity contribution >= 4 is 23.4 Å². The van der Waals surface area contributed by atoms with E-state index in [0.717, 1.165) is 11.4 Å². The van der Waals surface area contributed by atoms with Crippen LogP contribution >= 0.6 is 11.6 Å². The third-order valence-electron chi connectivity index (χ3n) is 3.93. The highest BCUT2D eigenvalue weighted by atomic mass is 35.5. The van der Waals surface area contributed by atoms with Crippen LogP contribution in [-0.2, 0) is 0 Å². The molecule has 1 heterocycles. The first-order chi connectivity index (χ1) is 11.6. The van der Waals surface area contributed by atoms with Gasteiger partial charge in [-0.2, -0.15) is 0 Å². The predicted octanol–water partition coefficient (Wildman–Crippen LogP) is 2.89. The number of rotatable bonds is 4. The minimum atomic E-state index is -0.327. The molecule has 0 bridgehead atoms. The summed E-state index contributed by atoms with van der Waals surface area (Å²) in [6, 6.07) is 8.77. The van der Waals surface area contributed by atoms with Gasteiger partial charge < -0.3 is 10.4 Å². The molecule has 0 unspecified atom stereocenters. The molecule has 3 N–H and O–H groups in total. The number of benzene rings is 1. The average molecular weight is 347 g/mol. The maximum atomic E-state index is 12.1. The van der Waals surface area contributed by atoms with Crippen molar-refractivity contribution in [2.75, 3.05) is 11.9 Å². The van der Waals surface area contributed by atoms with Gasteiger partial charge in [0.1, 0.15) is 0 Å². The van der Waals surface area contributed by atoms with E-state index in [2.05, 4.69) is 15.7 Å². The lowest BCUT2D eigenvalue weighted by molar-refractivity contribution is 0.238. The van der Waals surface area contributed by atoms with E-state index < -0.39 is 0 Å². The minimum Gasteiger partial charge on any atom is -0.396 e. The van der Waals surface area contributed by atoms with Gasteiger partial charge in [-0.1, -0.05) is 35.9 Å². The number of nitrogens with one attached hydrogen (secondary N) is 2. The van der Waals surface area contributed by atoms with E-state index in [0.29, 0.717) is 17.3 Å².